The minimum absolute atomic E-state index is 0.0197. The van der Waals surface area contributed by atoms with E-state index < -0.39 is 0 Å². The summed E-state index contributed by atoms with van der Waals surface area (Å²) < 4.78 is 0. The number of rotatable bonds is 4. The summed E-state index contributed by atoms with van der Waals surface area (Å²) >= 11 is 0. The van der Waals surface area contributed by atoms with Crippen LogP contribution in [0.2, 0.25) is 0 Å². The Morgan fingerprint density at radius 1 is 1.04 bits per heavy atom. The zero-order valence-corrected chi connectivity index (χ0v) is 15.3. The molecule has 1 heterocycles. The molecule has 0 unspecified atom stereocenters. The number of hydrogen-bond acceptors (Lipinski definition) is 2. The van der Waals surface area contributed by atoms with Crippen LogP contribution in [0.15, 0.2) is 60.7 Å². The summed E-state index contributed by atoms with van der Waals surface area (Å²) in [7, 11) is 0. The molecule has 2 aromatic carbocycles. The van der Waals surface area contributed by atoms with Crippen LogP contribution in [0, 0.1) is 5.41 Å². The zero-order chi connectivity index (χ0) is 18.7. The van der Waals surface area contributed by atoms with Crippen molar-refractivity contribution in [1.82, 2.24) is 9.80 Å². The van der Waals surface area contributed by atoms with Crippen molar-refractivity contribution in [3.8, 4) is 0 Å². The second-order valence-electron chi connectivity index (χ2n) is 7.02. The molecular formula is C21H26N4O. The number of benzene rings is 2. The average molecular weight is 350 g/mol. The fraction of sp³-hybridized carbons (Fsp3) is 0.333. The van der Waals surface area contributed by atoms with E-state index in [2.05, 4.69) is 24.3 Å². The second-order valence-corrected chi connectivity index (χ2v) is 7.02. The molecule has 0 radical (unpaired) electrons. The summed E-state index contributed by atoms with van der Waals surface area (Å²) in [5, 5.41) is 8.03. The molecule has 1 saturated heterocycles. The quantitative estimate of drug-likeness (QED) is 0.658. The van der Waals surface area contributed by atoms with Gasteiger partial charge < -0.3 is 15.5 Å². The van der Waals surface area contributed by atoms with Crippen LogP contribution in [0.5, 0.6) is 0 Å². The Balaban J connectivity index is 2.07. The van der Waals surface area contributed by atoms with E-state index in [1.165, 1.54) is 0 Å². The van der Waals surface area contributed by atoms with E-state index in [0.29, 0.717) is 6.54 Å². The maximum Gasteiger partial charge on any atom is 0.242 e. The third-order valence-corrected chi connectivity index (χ3v) is 5.04. The Morgan fingerprint density at radius 2 is 1.54 bits per heavy atom. The van der Waals surface area contributed by atoms with Gasteiger partial charge in [-0.3, -0.25) is 10.2 Å². The summed E-state index contributed by atoms with van der Waals surface area (Å²) in [5.74, 6) is -0.00871. The van der Waals surface area contributed by atoms with E-state index in [4.69, 9.17) is 11.1 Å². The molecule has 26 heavy (non-hydrogen) atoms. The number of hydrogen-bond donors (Lipinski definition) is 2. The van der Waals surface area contributed by atoms with Gasteiger partial charge in [-0.25, -0.2) is 0 Å². The van der Waals surface area contributed by atoms with Gasteiger partial charge in [-0.05, 0) is 25.0 Å². The van der Waals surface area contributed by atoms with Crippen molar-refractivity contribution < 1.29 is 4.79 Å². The number of nitrogens with zero attached hydrogens (tertiary/aromatic N) is 2. The van der Waals surface area contributed by atoms with Crippen LogP contribution in [0.3, 0.4) is 0 Å². The van der Waals surface area contributed by atoms with Crippen molar-refractivity contribution in [2.75, 3.05) is 13.1 Å². The minimum atomic E-state index is -0.0857. The largest absolute Gasteiger partial charge is 0.370 e. The van der Waals surface area contributed by atoms with Crippen molar-refractivity contribution >= 4 is 11.9 Å². The van der Waals surface area contributed by atoms with Crippen molar-refractivity contribution in [3.63, 3.8) is 0 Å². The molecule has 3 N–H and O–H groups in total. The van der Waals surface area contributed by atoms with E-state index >= 15 is 0 Å². The first-order valence-corrected chi connectivity index (χ1v) is 8.99. The monoisotopic (exact) mass is 350 g/mol. The van der Waals surface area contributed by atoms with Gasteiger partial charge in [0, 0.05) is 18.5 Å². The van der Waals surface area contributed by atoms with Crippen molar-refractivity contribution in [1.29, 1.82) is 5.41 Å². The topological polar surface area (TPSA) is 73.4 Å². The Morgan fingerprint density at radius 3 is 1.96 bits per heavy atom. The van der Waals surface area contributed by atoms with E-state index in [1.807, 2.05) is 55.1 Å². The Bertz CT molecular complexity index is 721. The smallest absolute Gasteiger partial charge is 0.242 e. The Hall–Kier alpha value is -2.82. The van der Waals surface area contributed by atoms with Crippen LogP contribution in [0.1, 0.15) is 30.9 Å². The minimum Gasteiger partial charge on any atom is -0.370 e. The van der Waals surface area contributed by atoms with Gasteiger partial charge >= 0.3 is 0 Å². The third-order valence-electron chi connectivity index (χ3n) is 5.04. The lowest BCUT2D eigenvalue weighted by atomic mass is 9.83. The predicted molar refractivity (Wildman–Crippen MR) is 104 cm³/mol. The number of carbonyl (C=O) groups is 1. The van der Waals surface area contributed by atoms with Gasteiger partial charge in [0.1, 0.15) is 6.54 Å². The highest BCUT2D eigenvalue weighted by Gasteiger charge is 2.39. The van der Waals surface area contributed by atoms with E-state index in [0.717, 1.165) is 11.1 Å². The molecule has 1 amide bonds. The molecule has 1 aliphatic rings. The second kappa shape index (κ2) is 7.60. The average Bonchev–Trinajstić information content (AvgIpc) is 2.64. The van der Waals surface area contributed by atoms with Crippen molar-refractivity contribution in [2.24, 2.45) is 5.73 Å². The van der Waals surface area contributed by atoms with E-state index in [-0.39, 0.29) is 36.4 Å². The maximum absolute atomic E-state index is 12.5. The number of amides is 1. The first-order valence-electron chi connectivity index (χ1n) is 8.99. The molecule has 0 aromatic heterocycles. The molecule has 0 bridgehead atoms. The lowest BCUT2D eigenvalue weighted by Crippen LogP contribution is -2.62. The molecule has 0 saturated carbocycles. The number of piperazine rings is 1. The van der Waals surface area contributed by atoms with Gasteiger partial charge in [0.05, 0.1) is 6.04 Å². The van der Waals surface area contributed by atoms with Gasteiger partial charge in [0.25, 0.3) is 0 Å². The van der Waals surface area contributed by atoms with Crippen molar-refractivity contribution in [3.05, 3.63) is 71.8 Å². The van der Waals surface area contributed by atoms with E-state index in [1.54, 1.807) is 4.90 Å². The molecule has 1 fully saturated rings. The van der Waals surface area contributed by atoms with Gasteiger partial charge in [-0.15, -0.1) is 0 Å². The highest BCUT2D eigenvalue weighted by molar-refractivity contribution is 5.86. The molecule has 0 spiro atoms. The molecular weight excluding hydrogens is 324 g/mol. The van der Waals surface area contributed by atoms with Crippen LogP contribution in [-0.4, -0.2) is 46.8 Å². The van der Waals surface area contributed by atoms with Crippen molar-refractivity contribution in [2.45, 2.75) is 31.8 Å². The van der Waals surface area contributed by atoms with Gasteiger partial charge in [-0.1, -0.05) is 60.7 Å². The standard InChI is InChI=1S/C21H26N4O/c1-15(2)24-13-18(25(21(22)23)14-19(24)26)20(16-9-5-3-6-10-16)17-11-7-4-8-12-17/h3-12,15,18,20H,13-14H2,1-2H3,(H3,22,23)/t18-/m1/s1. The first-order chi connectivity index (χ1) is 12.5. The van der Waals surface area contributed by atoms with Crippen LogP contribution in [0.4, 0.5) is 0 Å². The molecule has 5 nitrogen and oxygen atoms in total. The number of nitrogens with two attached hydrogens (primary N) is 1. The summed E-state index contributed by atoms with van der Waals surface area (Å²) in [4.78, 5) is 16.2. The molecule has 3 rings (SSSR count). The van der Waals surface area contributed by atoms with E-state index in [9.17, 15) is 4.79 Å². The zero-order valence-electron chi connectivity index (χ0n) is 15.3. The third kappa shape index (κ3) is 3.57. The SMILES string of the molecule is CC(C)N1C[C@H](C(c2ccccc2)c2ccccc2)N(C(=N)N)CC1=O. The first kappa shape index (κ1) is 18.0. The van der Waals surface area contributed by atoms with Crippen LogP contribution in [-0.2, 0) is 4.79 Å². The summed E-state index contributed by atoms with van der Waals surface area (Å²) in [6, 6.07) is 20.5. The number of nitrogens with one attached hydrogen (secondary N) is 1. The molecule has 136 valence electrons. The number of carbonyl (C=O) groups excluding carboxylic acids is 1. The normalized spacial score (nSPS) is 17.8. The molecule has 5 heteroatoms. The summed E-state index contributed by atoms with van der Waals surface area (Å²) in [6.45, 7) is 4.75. The highest BCUT2D eigenvalue weighted by atomic mass is 16.2. The maximum atomic E-state index is 12.5. The predicted octanol–water partition coefficient (Wildman–Crippen LogP) is 2.63. The molecule has 1 aliphatic heterocycles. The van der Waals surface area contributed by atoms with Crippen LogP contribution < -0.4 is 5.73 Å². The van der Waals surface area contributed by atoms with Crippen LogP contribution >= 0.6 is 0 Å². The fourth-order valence-corrected chi connectivity index (χ4v) is 3.76. The van der Waals surface area contributed by atoms with Gasteiger partial charge in [0.15, 0.2) is 5.96 Å². The molecule has 1 atom stereocenters. The fourth-order valence-electron chi connectivity index (χ4n) is 3.76. The van der Waals surface area contributed by atoms with Gasteiger partial charge in [0.2, 0.25) is 5.91 Å². The highest BCUT2D eigenvalue weighted by Crippen LogP contribution is 2.33. The molecule has 0 aliphatic carbocycles. The number of guanidine groups is 1. The lowest BCUT2D eigenvalue weighted by Gasteiger charge is -2.46. The Kier molecular flexibility index (Phi) is 5.26. The Labute approximate surface area is 154 Å². The lowest BCUT2D eigenvalue weighted by molar-refractivity contribution is -0.138. The summed E-state index contributed by atoms with van der Waals surface area (Å²) in [6.07, 6.45) is 0. The van der Waals surface area contributed by atoms with Gasteiger partial charge in [-0.2, -0.15) is 0 Å². The summed E-state index contributed by atoms with van der Waals surface area (Å²) in [5.41, 5.74) is 8.19. The van der Waals surface area contributed by atoms with Crippen LogP contribution in [0.25, 0.3) is 0 Å². The molecule has 2 aromatic rings.